The Kier molecular flexibility index (Phi) is 6.32. The Morgan fingerprint density at radius 2 is 1.75 bits per heavy atom. The molecule has 0 aliphatic rings. The van der Waals surface area contributed by atoms with Gasteiger partial charge in [0.25, 0.3) is 0 Å². The highest BCUT2D eigenvalue weighted by atomic mass is 32.7. The highest BCUT2D eigenvalue weighted by Gasteiger charge is 2.21. The van der Waals surface area contributed by atoms with Gasteiger partial charge in [0.05, 0.1) is 6.10 Å². The summed E-state index contributed by atoms with van der Waals surface area (Å²) < 4.78 is 11.2. The summed E-state index contributed by atoms with van der Waals surface area (Å²) in [4.78, 5) is 18.4. The second-order valence-corrected chi connectivity index (χ2v) is 8.96. The standard InChI is InChI=1S/C16H19O6PS/c17-12-5-1-3-11(9-12)4-2-6-15(19)14-8-7-13(18)10-16(14)24-23(20,21)22/h1,3,5,7-10,15,17-19H,2,4,6H2,(H2,20,21,22). The number of benzene rings is 2. The van der Waals surface area contributed by atoms with Crippen LogP contribution in [-0.2, 0) is 11.0 Å². The maximum absolute atomic E-state index is 11.2. The number of phenolic OH excluding ortho intramolecular Hbond substituents is 2. The van der Waals surface area contributed by atoms with Crippen molar-refractivity contribution in [3.8, 4) is 11.5 Å². The molecule has 0 fully saturated rings. The van der Waals surface area contributed by atoms with Crippen LogP contribution in [0, 0.1) is 0 Å². The van der Waals surface area contributed by atoms with Crippen molar-refractivity contribution in [3.05, 3.63) is 53.6 Å². The summed E-state index contributed by atoms with van der Waals surface area (Å²) in [6.45, 7) is -4.39. The number of aromatic hydroxyl groups is 2. The molecular weight excluding hydrogens is 351 g/mol. The topological polar surface area (TPSA) is 118 Å². The molecule has 0 spiro atoms. The molecule has 5 N–H and O–H groups in total. The van der Waals surface area contributed by atoms with Gasteiger partial charge in [-0.15, -0.1) is 0 Å². The maximum atomic E-state index is 11.2. The number of rotatable bonds is 7. The van der Waals surface area contributed by atoms with Crippen molar-refractivity contribution in [2.75, 3.05) is 0 Å². The van der Waals surface area contributed by atoms with Gasteiger partial charge in [0.15, 0.2) is 0 Å². The van der Waals surface area contributed by atoms with E-state index in [1.54, 1.807) is 18.2 Å². The van der Waals surface area contributed by atoms with Crippen molar-refractivity contribution in [1.82, 2.24) is 0 Å². The first-order valence-corrected chi connectivity index (χ1v) is 10.3. The van der Waals surface area contributed by atoms with E-state index in [2.05, 4.69) is 0 Å². The molecule has 8 heteroatoms. The van der Waals surface area contributed by atoms with E-state index in [9.17, 15) is 19.9 Å². The Hall–Kier alpha value is -1.50. The zero-order valence-corrected chi connectivity index (χ0v) is 14.5. The molecule has 6 nitrogen and oxygen atoms in total. The molecule has 0 aliphatic heterocycles. The summed E-state index contributed by atoms with van der Waals surface area (Å²) in [6, 6.07) is 10.9. The second-order valence-electron chi connectivity index (χ2n) is 5.38. The van der Waals surface area contributed by atoms with Crippen LogP contribution in [0.25, 0.3) is 0 Å². The van der Waals surface area contributed by atoms with Crippen LogP contribution in [0.4, 0.5) is 0 Å². The number of hydrogen-bond donors (Lipinski definition) is 5. The molecule has 0 aliphatic carbocycles. The van der Waals surface area contributed by atoms with E-state index < -0.39 is 12.9 Å². The lowest BCUT2D eigenvalue weighted by molar-refractivity contribution is 0.162. The van der Waals surface area contributed by atoms with Gasteiger partial charge in [-0.2, -0.15) is 0 Å². The molecule has 130 valence electrons. The summed E-state index contributed by atoms with van der Waals surface area (Å²) >= 11 is 0.315. The Bertz CT molecular complexity index is 745. The largest absolute Gasteiger partial charge is 0.508 e. The molecule has 2 rings (SSSR count). The normalized spacial score (nSPS) is 13.0. The van der Waals surface area contributed by atoms with Crippen LogP contribution in [0.1, 0.15) is 30.1 Å². The fraction of sp³-hybridized carbons (Fsp3) is 0.250. The van der Waals surface area contributed by atoms with Crippen molar-refractivity contribution in [2.24, 2.45) is 0 Å². The lowest BCUT2D eigenvalue weighted by Crippen LogP contribution is -2.00. The molecule has 0 heterocycles. The van der Waals surface area contributed by atoms with Crippen molar-refractivity contribution in [1.29, 1.82) is 0 Å². The first kappa shape index (κ1) is 18.8. The lowest BCUT2D eigenvalue weighted by atomic mass is 10.0. The molecule has 0 bridgehead atoms. The average molecular weight is 370 g/mol. The summed E-state index contributed by atoms with van der Waals surface area (Å²) in [5.41, 5.74) is 1.31. The zero-order chi connectivity index (χ0) is 17.7. The third kappa shape index (κ3) is 5.85. The summed E-state index contributed by atoms with van der Waals surface area (Å²) in [6.07, 6.45) is 0.766. The average Bonchev–Trinajstić information content (AvgIpc) is 2.45. The van der Waals surface area contributed by atoms with Gasteiger partial charge in [-0.05, 0) is 66.0 Å². The van der Waals surface area contributed by atoms with E-state index in [4.69, 9.17) is 9.79 Å². The SMILES string of the molecule is O=P(O)(O)Sc1cc(O)ccc1C(O)CCCc1cccc(O)c1. The Balaban J connectivity index is 2.03. The molecule has 1 atom stereocenters. The molecule has 0 aromatic heterocycles. The minimum atomic E-state index is -4.39. The van der Waals surface area contributed by atoms with Gasteiger partial charge in [0, 0.05) is 4.90 Å². The zero-order valence-electron chi connectivity index (χ0n) is 12.7. The fourth-order valence-corrected chi connectivity index (χ4v) is 4.35. The van der Waals surface area contributed by atoms with Crippen LogP contribution >= 0.6 is 18.2 Å². The monoisotopic (exact) mass is 370 g/mol. The molecule has 0 radical (unpaired) electrons. The molecule has 0 saturated carbocycles. The first-order chi connectivity index (χ1) is 11.2. The van der Waals surface area contributed by atoms with Gasteiger partial charge in [0.1, 0.15) is 11.5 Å². The third-order valence-corrected chi connectivity index (χ3v) is 5.52. The lowest BCUT2D eigenvalue weighted by Gasteiger charge is -2.16. The fourth-order valence-electron chi connectivity index (χ4n) is 2.37. The summed E-state index contributed by atoms with van der Waals surface area (Å²) in [5.74, 6) is 0.0635. The van der Waals surface area contributed by atoms with E-state index in [-0.39, 0.29) is 16.4 Å². The second kappa shape index (κ2) is 8.05. The van der Waals surface area contributed by atoms with E-state index in [0.29, 0.717) is 36.2 Å². The highest BCUT2D eigenvalue weighted by molar-refractivity contribution is 8.54. The predicted molar refractivity (Wildman–Crippen MR) is 92.0 cm³/mol. The van der Waals surface area contributed by atoms with Crippen LogP contribution in [0.15, 0.2) is 47.4 Å². The molecule has 0 saturated heterocycles. The Labute approximate surface area is 143 Å². The number of hydrogen-bond acceptors (Lipinski definition) is 5. The summed E-state index contributed by atoms with van der Waals surface area (Å²) in [7, 11) is 0. The van der Waals surface area contributed by atoms with Gasteiger partial charge in [-0.1, -0.05) is 18.2 Å². The quantitative estimate of drug-likeness (QED) is 0.474. The van der Waals surface area contributed by atoms with Gasteiger partial charge in [-0.25, -0.2) is 4.57 Å². The Morgan fingerprint density at radius 1 is 1.04 bits per heavy atom. The van der Waals surface area contributed by atoms with E-state index in [1.165, 1.54) is 18.2 Å². The smallest absolute Gasteiger partial charge is 0.388 e. The van der Waals surface area contributed by atoms with Crippen molar-refractivity contribution < 1.29 is 29.7 Å². The van der Waals surface area contributed by atoms with Crippen LogP contribution in [0.3, 0.4) is 0 Å². The molecular formula is C16H19O6PS. The summed E-state index contributed by atoms with van der Waals surface area (Å²) in [5, 5.41) is 29.2. The van der Waals surface area contributed by atoms with Crippen LogP contribution < -0.4 is 0 Å². The van der Waals surface area contributed by atoms with Crippen LogP contribution in [0.2, 0.25) is 0 Å². The number of aliphatic hydroxyl groups excluding tert-OH is 1. The minimum absolute atomic E-state index is 0.123. The highest BCUT2D eigenvalue weighted by Crippen LogP contribution is 2.56. The number of aryl methyl sites for hydroxylation is 1. The molecule has 0 amide bonds. The predicted octanol–water partition coefficient (Wildman–Crippen LogP) is 3.34. The van der Waals surface area contributed by atoms with Gasteiger partial charge >= 0.3 is 6.80 Å². The maximum Gasteiger partial charge on any atom is 0.388 e. The van der Waals surface area contributed by atoms with Crippen molar-refractivity contribution in [2.45, 2.75) is 30.3 Å². The molecule has 2 aromatic rings. The first-order valence-electron chi connectivity index (χ1n) is 7.28. The molecule has 24 heavy (non-hydrogen) atoms. The number of aliphatic hydroxyl groups is 1. The van der Waals surface area contributed by atoms with Gasteiger partial charge in [0.2, 0.25) is 0 Å². The third-order valence-electron chi connectivity index (χ3n) is 3.43. The molecule has 1 unspecified atom stereocenters. The van der Waals surface area contributed by atoms with Crippen LogP contribution in [0.5, 0.6) is 11.5 Å². The Morgan fingerprint density at radius 3 is 2.42 bits per heavy atom. The molecule has 2 aromatic carbocycles. The van der Waals surface area contributed by atoms with Gasteiger partial charge < -0.3 is 25.1 Å². The van der Waals surface area contributed by atoms with Crippen molar-refractivity contribution in [3.63, 3.8) is 0 Å². The minimum Gasteiger partial charge on any atom is -0.508 e. The van der Waals surface area contributed by atoms with E-state index in [0.717, 1.165) is 5.56 Å². The van der Waals surface area contributed by atoms with E-state index in [1.807, 2.05) is 6.07 Å². The van der Waals surface area contributed by atoms with Crippen molar-refractivity contribution >= 4 is 18.2 Å². The van der Waals surface area contributed by atoms with E-state index >= 15 is 0 Å². The number of phenols is 2. The van der Waals surface area contributed by atoms with Crippen LogP contribution in [-0.4, -0.2) is 25.1 Å². The van der Waals surface area contributed by atoms with Gasteiger partial charge in [-0.3, -0.25) is 0 Å².